The van der Waals surface area contributed by atoms with E-state index in [2.05, 4.69) is 12.1 Å². The van der Waals surface area contributed by atoms with Gasteiger partial charge in [0.05, 0.1) is 17.6 Å². The first-order valence-corrected chi connectivity index (χ1v) is 11.2. The number of thioether (sulfide) groups is 2. The second-order valence-electron chi connectivity index (χ2n) is 6.69. The predicted molar refractivity (Wildman–Crippen MR) is 111 cm³/mol. The van der Waals surface area contributed by atoms with E-state index in [0.717, 1.165) is 22.6 Å². The summed E-state index contributed by atoms with van der Waals surface area (Å²) >= 11 is 3.83. The van der Waals surface area contributed by atoms with Crippen LogP contribution in [0.25, 0.3) is 5.57 Å². The number of esters is 1. The molecule has 0 saturated carbocycles. The highest BCUT2D eigenvalue weighted by Gasteiger charge is 2.49. The van der Waals surface area contributed by atoms with Crippen molar-refractivity contribution in [1.82, 2.24) is 0 Å². The summed E-state index contributed by atoms with van der Waals surface area (Å²) in [6.45, 7) is 0. The van der Waals surface area contributed by atoms with E-state index in [9.17, 15) is 9.18 Å². The summed E-state index contributed by atoms with van der Waals surface area (Å²) in [5, 5.41) is 0. The molecule has 0 aromatic heterocycles. The van der Waals surface area contributed by atoms with Crippen molar-refractivity contribution in [2.24, 2.45) is 5.92 Å². The van der Waals surface area contributed by atoms with Crippen LogP contribution in [0, 0.1) is 11.7 Å². The van der Waals surface area contributed by atoms with Gasteiger partial charge in [-0.25, -0.2) is 4.39 Å². The number of benzene rings is 2. The Morgan fingerprint density at radius 2 is 1.70 bits per heavy atom. The maximum Gasteiger partial charge on any atom is 0.313 e. The maximum atomic E-state index is 13.5. The molecule has 1 saturated heterocycles. The molecule has 2 aromatic carbocycles. The number of hydrogen-bond donors (Lipinski definition) is 0. The van der Waals surface area contributed by atoms with Crippen LogP contribution in [0.5, 0.6) is 0 Å². The van der Waals surface area contributed by atoms with Crippen LogP contribution in [0.4, 0.5) is 4.39 Å². The van der Waals surface area contributed by atoms with Crippen LogP contribution in [-0.4, -0.2) is 29.2 Å². The molecule has 5 heteroatoms. The van der Waals surface area contributed by atoms with E-state index in [1.54, 1.807) is 12.1 Å². The average molecular weight is 401 g/mol. The van der Waals surface area contributed by atoms with Gasteiger partial charge in [0, 0.05) is 5.92 Å². The minimum absolute atomic E-state index is 0.0985. The number of halogens is 1. The molecular weight excluding hydrogens is 379 g/mol. The van der Waals surface area contributed by atoms with E-state index < -0.39 is 0 Å². The summed E-state index contributed by atoms with van der Waals surface area (Å²) < 4.78 is 18.9. The fourth-order valence-electron chi connectivity index (χ4n) is 3.92. The van der Waals surface area contributed by atoms with Crippen LogP contribution in [0.3, 0.4) is 0 Å². The van der Waals surface area contributed by atoms with Crippen molar-refractivity contribution < 1.29 is 13.9 Å². The van der Waals surface area contributed by atoms with E-state index in [-0.39, 0.29) is 28.2 Å². The Kier molecular flexibility index (Phi) is 5.60. The standard InChI is InChI=1S/C22H21FO2S2/c1-25-21(24)19-17(15-8-10-16(23)11-9-15)18(14-6-3-2-4-7-14)20(19)22-26-12-5-13-27-22/h2-4,6-11,17,19,22H,5,12-13H2,1H3/t17-,19+/m1/s1. The zero-order valence-corrected chi connectivity index (χ0v) is 16.7. The van der Waals surface area contributed by atoms with Gasteiger partial charge < -0.3 is 4.74 Å². The lowest BCUT2D eigenvalue weighted by molar-refractivity contribution is -0.144. The number of carbonyl (C=O) groups excluding carboxylic acids is 1. The van der Waals surface area contributed by atoms with Gasteiger partial charge in [-0.1, -0.05) is 42.5 Å². The molecule has 1 aliphatic carbocycles. The van der Waals surface area contributed by atoms with Gasteiger partial charge in [0.15, 0.2) is 0 Å². The highest BCUT2D eigenvalue weighted by molar-refractivity contribution is 8.17. The van der Waals surface area contributed by atoms with Crippen molar-refractivity contribution in [2.75, 3.05) is 18.6 Å². The highest BCUT2D eigenvalue weighted by Crippen LogP contribution is 2.58. The van der Waals surface area contributed by atoms with Gasteiger partial charge in [0.1, 0.15) is 5.82 Å². The van der Waals surface area contributed by atoms with E-state index in [1.807, 2.05) is 41.7 Å². The molecule has 1 fully saturated rings. The molecule has 27 heavy (non-hydrogen) atoms. The summed E-state index contributed by atoms with van der Waals surface area (Å²) in [5.74, 6) is 1.34. The Balaban J connectivity index is 1.85. The molecule has 2 atom stereocenters. The molecule has 0 bridgehead atoms. The Bertz CT molecular complexity index is 842. The quantitative estimate of drug-likeness (QED) is 0.645. The van der Waals surface area contributed by atoms with Gasteiger partial charge in [0.2, 0.25) is 0 Å². The molecule has 2 aromatic rings. The predicted octanol–water partition coefficient (Wildman–Crippen LogP) is 5.36. The smallest absolute Gasteiger partial charge is 0.313 e. The summed E-state index contributed by atoms with van der Waals surface area (Å²) in [5.41, 5.74) is 4.47. The average Bonchev–Trinajstić information content (AvgIpc) is 2.70. The molecule has 0 amide bonds. The lowest BCUT2D eigenvalue weighted by Crippen LogP contribution is -2.39. The first-order chi connectivity index (χ1) is 13.2. The Morgan fingerprint density at radius 1 is 1.04 bits per heavy atom. The number of ether oxygens (including phenoxy) is 1. The van der Waals surface area contributed by atoms with E-state index in [0.29, 0.717) is 0 Å². The molecule has 0 radical (unpaired) electrons. The minimum atomic E-state index is -0.307. The number of carbonyl (C=O) groups is 1. The molecule has 2 nitrogen and oxygen atoms in total. The van der Waals surface area contributed by atoms with Crippen LogP contribution in [-0.2, 0) is 9.53 Å². The fourth-order valence-corrected chi connectivity index (χ4v) is 7.02. The van der Waals surface area contributed by atoms with Gasteiger partial charge >= 0.3 is 5.97 Å². The molecule has 1 aliphatic heterocycles. The Hall–Kier alpha value is -1.72. The largest absolute Gasteiger partial charge is 0.469 e. The van der Waals surface area contributed by atoms with Crippen LogP contribution in [0.1, 0.15) is 23.5 Å². The monoisotopic (exact) mass is 400 g/mol. The van der Waals surface area contributed by atoms with Crippen molar-refractivity contribution in [2.45, 2.75) is 16.9 Å². The number of rotatable bonds is 4. The summed E-state index contributed by atoms with van der Waals surface area (Å²) in [6, 6.07) is 16.7. The number of hydrogen-bond acceptors (Lipinski definition) is 4. The van der Waals surface area contributed by atoms with Crippen molar-refractivity contribution >= 4 is 35.1 Å². The van der Waals surface area contributed by atoms with Crippen molar-refractivity contribution in [3.8, 4) is 0 Å². The lowest BCUT2D eigenvalue weighted by Gasteiger charge is -2.44. The Morgan fingerprint density at radius 3 is 2.33 bits per heavy atom. The van der Waals surface area contributed by atoms with Crippen molar-refractivity contribution in [1.29, 1.82) is 0 Å². The normalized spacial score (nSPS) is 23.0. The lowest BCUT2D eigenvalue weighted by atomic mass is 9.63. The molecule has 0 unspecified atom stereocenters. The van der Waals surface area contributed by atoms with E-state index in [1.165, 1.54) is 36.8 Å². The molecule has 4 rings (SSSR count). The molecule has 1 heterocycles. The molecule has 2 aliphatic rings. The molecule has 140 valence electrons. The molecular formula is C22H21FO2S2. The minimum Gasteiger partial charge on any atom is -0.469 e. The van der Waals surface area contributed by atoms with Crippen molar-refractivity contribution in [3.05, 3.63) is 77.1 Å². The van der Waals surface area contributed by atoms with Crippen LogP contribution < -0.4 is 0 Å². The number of allylic oxidation sites excluding steroid dienone is 1. The first kappa shape index (κ1) is 18.6. The summed E-state index contributed by atoms with van der Waals surface area (Å²) in [7, 11) is 1.45. The SMILES string of the molecule is COC(=O)[C@@H]1C(C2SCCCS2)=C(c2ccccc2)[C@H]1c1ccc(F)cc1. The zero-order chi connectivity index (χ0) is 18.8. The van der Waals surface area contributed by atoms with Gasteiger partial charge in [0.25, 0.3) is 0 Å². The summed E-state index contributed by atoms with van der Waals surface area (Å²) in [4.78, 5) is 12.7. The van der Waals surface area contributed by atoms with Gasteiger partial charge in [-0.05, 0) is 52.3 Å². The first-order valence-electron chi connectivity index (χ1n) is 9.06. The third-order valence-electron chi connectivity index (χ3n) is 5.14. The van der Waals surface area contributed by atoms with Crippen LogP contribution in [0.15, 0.2) is 60.2 Å². The zero-order valence-electron chi connectivity index (χ0n) is 15.1. The van der Waals surface area contributed by atoms with Crippen molar-refractivity contribution in [3.63, 3.8) is 0 Å². The van der Waals surface area contributed by atoms with Crippen LogP contribution >= 0.6 is 23.5 Å². The third-order valence-corrected chi connectivity index (χ3v) is 8.12. The van der Waals surface area contributed by atoms with E-state index in [4.69, 9.17) is 4.74 Å². The van der Waals surface area contributed by atoms with Gasteiger partial charge in [-0.3, -0.25) is 4.79 Å². The Labute approximate surface area is 167 Å². The highest BCUT2D eigenvalue weighted by atomic mass is 32.2. The fraction of sp³-hybridized carbons (Fsp3) is 0.318. The van der Waals surface area contributed by atoms with Crippen LogP contribution in [0.2, 0.25) is 0 Å². The van der Waals surface area contributed by atoms with Gasteiger partial charge in [-0.15, -0.1) is 23.5 Å². The maximum absolute atomic E-state index is 13.5. The topological polar surface area (TPSA) is 26.3 Å². The second-order valence-corrected chi connectivity index (χ2v) is 9.42. The number of methoxy groups -OCH3 is 1. The van der Waals surface area contributed by atoms with Gasteiger partial charge in [-0.2, -0.15) is 0 Å². The summed E-state index contributed by atoms with van der Waals surface area (Å²) in [6.07, 6.45) is 1.20. The third kappa shape index (κ3) is 3.55. The van der Waals surface area contributed by atoms with E-state index >= 15 is 0 Å². The molecule has 0 N–H and O–H groups in total. The second kappa shape index (κ2) is 8.11. The molecule has 0 spiro atoms.